The van der Waals surface area contributed by atoms with E-state index in [0.717, 1.165) is 74.1 Å². The van der Waals surface area contributed by atoms with Gasteiger partial charge >= 0.3 is 0 Å². The first-order chi connectivity index (χ1) is 28.2. The Labute approximate surface area is 347 Å². The molecule has 3 N–H and O–H groups in total. The highest BCUT2D eigenvalue weighted by molar-refractivity contribution is 7.90. The molecule has 59 heavy (non-hydrogen) atoms. The van der Waals surface area contributed by atoms with Gasteiger partial charge in [-0.25, -0.2) is 18.1 Å². The van der Waals surface area contributed by atoms with Gasteiger partial charge in [0.1, 0.15) is 23.8 Å². The number of ether oxygens (including phenoxy) is 2. The van der Waals surface area contributed by atoms with Gasteiger partial charge in [-0.1, -0.05) is 50.1 Å². The second kappa shape index (κ2) is 16.2. The highest BCUT2D eigenvalue weighted by atomic mass is 35.5. The van der Waals surface area contributed by atoms with Crippen LogP contribution in [0.5, 0.6) is 17.2 Å². The first-order valence-corrected chi connectivity index (χ1v) is 21.6. The average Bonchev–Trinajstić information content (AvgIpc) is 3.69. The predicted octanol–water partition coefficient (Wildman–Crippen LogP) is 8.40. The number of carbonyl (C=O) groups excluding carboxylic acids is 1. The molecule has 2 aromatic heterocycles. The zero-order valence-corrected chi connectivity index (χ0v) is 34.7. The lowest BCUT2D eigenvalue weighted by molar-refractivity contribution is -0.384. The molecule has 0 radical (unpaired) electrons. The Hall–Kier alpha value is -5.64. The predicted molar refractivity (Wildman–Crippen MR) is 228 cm³/mol. The second-order valence-electron chi connectivity index (χ2n) is 16.1. The molecule has 0 unspecified atom stereocenters. The van der Waals surface area contributed by atoms with Crippen molar-refractivity contribution in [3.8, 4) is 17.2 Å². The highest BCUT2D eigenvalue weighted by Crippen LogP contribution is 2.44. The monoisotopic (exact) mass is 839 g/mol. The number of nitro groups is 1. The van der Waals surface area contributed by atoms with Gasteiger partial charge in [-0.2, -0.15) is 0 Å². The first kappa shape index (κ1) is 40.2. The van der Waals surface area contributed by atoms with Crippen molar-refractivity contribution >= 4 is 61.2 Å². The number of aromatic amines is 1. The summed E-state index contributed by atoms with van der Waals surface area (Å²) < 4.78 is 41.5. The molecule has 3 aliphatic rings. The number of pyridine rings is 1. The molecule has 4 heterocycles. The van der Waals surface area contributed by atoms with E-state index in [1.165, 1.54) is 35.0 Å². The number of hydrogen-bond donors (Lipinski definition) is 3. The number of H-pyrrole nitrogens is 1. The molecule has 0 bridgehead atoms. The molecule has 1 saturated heterocycles. The number of aromatic nitrogens is 2. The van der Waals surface area contributed by atoms with E-state index in [2.05, 4.69) is 55.8 Å². The quantitative estimate of drug-likeness (QED) is 0.0862. The van der Waals surface area contributed by atoms with Gasteiger partial charge in [-0.15, -0.1) is 0 Å². The number of halogens is 1. The number of sulfonamides is 1. The fourth-order valence-corrected chi connectivity index (χ4v) is 9.13. The van der Waals surface area contributed by atoms with Crippen LogP contribution in [0.2, 0.25) is 5.02 Å². The van der Waals surface area contributed by atoms with E-state index < -0.39 is 31.4 Å². The Bertz CT molecular complexity index is 2570. The van der Waals surface area contributed by atoms with Crippen molar-refractivity contribution in [3.63, 3.8) is 0 Å². The molecule has 0 spiro atoms. The molecule has 16 heteroatoms. The lowest BCUT2D eigenvalue weighted by Gasteiger charge is -2.39. The summed E-state index contributed by atoms with van der Waals surface area (Å²) in [5.74, 6) is -0.500. The van der Waals surface area contributed by atoms with Gasteiger partial charge in [0.05, 0.1) is 27.6 Å². The number of carbonyl (C=O) groups is 1. The summed E-state index contributed by atoms with van der Waals surface area (Å²) in [5.41, 5.74) is 5.35. The number of anilines is 2. The number of nitro benzene ring substituents is 1. The first-order valence-electron chi connectivity index (χ1n) is 19.7. The van der Waals surface area contributed by atoms with Crippen LogP contribution in [-0.4, -0.2) is 79.5 Å². The Kier molecular flexibility index (Phi) is 11.0. The van der Waals surface area contributed by atoms with E-state index in [0.29, 0.717) is 17.8 Å². The van der Waals surface area contributed by atoms with Crippen molar-refractivity contribution in [2.45, 2.75) is 57.4 Å². The SMILES string of the molecule is CC[C@@H]1COc2cc(S(=O)(=O)NC(=O)c3ccc(N4CCN(CC5=C(c6ccc(Cl)cc6)CC(C)(C)CC5)CC4)cc3Oc3cnc4[nH]ccc4c3)cc([N+](=O)[O-])c2N1. The molecule has 3 aromatic carbocycles. The highest BCUT2D eigenvalue weighted by Gasteiger charge is 2.33. The fraction of sp³-hybridized carbons (Fsp3) is 0.349. The van der Waals surface area contributed by atoms with Crippen molar-refractivity contribution < 1.29 is 27.6 Å². The van der Waals surface area contributed by atoms with Crippen LogP contribution in [0.25, 0.3) is 16.6 Å². The van der Waals surface area contributed by atoms with E-state index in [-0.39, 0.29) is 40.8 Å². The maximum absolute atomic E-state index is 13.9. The van der Waals surface area contributed by atoms with E-state index in [9.17, 15) is 23.3 Å². The van der Waals surface area contributed by atoms with Gasteiger partial charge in [-0.3, -0.25) is 19.8 Å². The Morgan fingerprint density at radius 3 is 2.61 bits per heavy atom. The molecule has 8 rings (SSSR count). The number of nitrogens with zero attached hydrogens (tertiary/aromatic N) is 4. The molecule has 5 aromatic rings. The minimum atomic E-state index is -4.62. The number of allylic oxidation sites excluding steroid dienone is 1. The summed E-state index contributed by atoms with van der Waals surface area (Å²) in [6.45, 7) is 10.7. The van der Waals surface area contributed by atoms with Crippen molar-refractivity contribution in [1.29, 1.82) is 0 Å². The van der Waals surface area contributed by atoms with E-state index in [4.69, 9.17) is 21.1 Å². The zero-order valence-electron chi connectivity index (χ0n) is 33.1. The lowest BCUT2D eigenvalue weighted by atomic mass is 9.72. The number of fused-ring (bicyclic) bond motifs is 2. The molecular weight excluding hydrogens is 794 g/mol. The minimum Gasteiger partial charge on any atom is -0.489 e. The molecule has 308 valence electrons. The summed E-state index contributed by atoms with van der Waals surface area (Å²) in [4.78, 5) is 36.9. The Morgan fingerprint density at radius 1 is 1.08 bits per heavy atom. The standard InChI is InChI=1S/C43H46ClN7O7S/c1-4-31-26-57-39-22-34(21-37(51(53)54)40(39)47-31)59(55,56)48-42(52)35-10-9-32(20-38(35)58-33-19-28-12-14-45-41(28)46-24-33)50-17-15-49(16-18-50)25-29-11-13-43(2,3)23-36(29)27-5-7-30(44)8-6-27/h5-10,12,14,19-22,24,31,47H,4,11,13,15-18,23,25-26H2,1-3H3,(H,45,46)(H,48,52)/t31-/m1/s1. The van der Waals surface area contributed by atoms with Crippen LogP contribution in [0.15, 0.2) is 89.6 Å². The smallest absolute Gasteiger partial charge is 0.297 e. The third-order valence-corrected chi connectivity index (χ3v) is 13.0. The summed E-state index contributed by atoms with van der Waals surface area (Å²) in [7, 11) is -4.62. The van der Waals surface area contributed by atoms with Crippen LogP contribution in [0, 0.1) is 15.5 Å². The zero-order chi connectivity index (χ0) is 41.5. The summed E-state index contributed by atoms with van der Waals surface area (Å²) in [6.07, 6.45) is 7.11. The van der Waals surface area contributed by atoms with Gasteiger partial charge in [-0.05, 0) is 78.6 Å². The van der Waals surface area contributed by atoms with Crippen LogP contribution >= 0.6 is 11.6 Å². The van der Waals surface area contributed by atoms with E-state index >= 15 is 0 Å². The van der Waals surface area contributed by atoms with E-state index in [1.54, 1.807) is 24.4 Å². The van der Waals surface area contributed by atoms with Gasteiger partial charge in [0.2, 0.25) is 0 Å². The lowest BCUT2D eigenvalue weighted by Crippen LogP contribution is -2.47. The normalized spacial score (nSPS) is 18.2. The molecule has 1 atom stereocenters. The third kappa shape index (κ3) is 8.73. The number of amides is 1. The number of benzene rings is 3. The molecule has 1 aliphatic carbocycles. The summed E-state index contributed by atoms with van der Waals surface area (Å²) in [5, 5.41) is 16.6. The van der Waals surface area contributed by atoms with E-state index in [1.807, 2.05) is 25.1 Å². The maximum Gasteiger partial charge on any atom is 0.297 e. The Morgan fingerprint density at radius 2 is 1.86 bits per heavy atom. The second-order valence-corrected chi connectivity index (χ2v) is 18.2. The average molecular weight is 840 g/mol. The van der Waals surface area contributed by atoms with Gasteiger partial charge in [0.15, 0.2) is 11.4 Å². The largest absolute Gasteiger partial charge is 0.489 e. The van der Waals surface area contributed by atoms with Crippen molar-refractivity contribution in [2.75, 3.05) is 49.5 Å². The molecule has 1 fully saturated rings. The number of piperazine rings is 1. The number of hydrogen-bond acceptors (Lipinski definition) is 11. The molecule has 1 amide bonds. The maximum atomic E-state index is 13.9. The van der Waals surface area contributed by atoms with Crippen molar-refractivity contribution in [3.05, 3.63) is 111 Å². The minimum absolute atomic E-state index is 0.0132. The van der Waals surface area contributed by atoms with Gasteiger partial charge in [0.25, 0.3) is 21.6 Å². The van der Waals surface area contributed by atoms with Crippen LogP contribution in [-0.2, 0) is 10.0 Å². The molecule has 0 saturated carbocycles. The third-order valence-electron chi connectivity index (χ3n) is 11.4. The van der Waals surface area contributed by atoms with Crippen LogP contribution in [0.3, 0.4) is 0 Å². The number of nitrogens with one attached hydrogen (secondary N) is 3. The van der Waals surface area contributed by atoms with Crippen LogP contribution < -0.4 is 24.4 Å². The molecular formula is C43H46ClN7O7S. The van der Waals surface area contributed by atoms with Gasteiger partial charge < -0.3 is 24.7 Å². The molecule has 2 aliphatic heterocycles. The van der Waals surface area contributed by atoms with Crippen LogP contribution in [0.4, 0.5) is 17.1 Å². The topological polar surface area (TPSA) is 172 Å². The van der Waals surface area contributed by atoms with Crippen molar-refractivity contribution in [1.82, 2.24) is 19.6 Å². The Balaban J connectivity index is 1.04. The van der Waals surface area contributed by atoms with Gasteiger partial charge in [0, 0.05) is 73.2 Å². The van der Waals surface area contributed by atoms with Crippen LogP contribution in [0.1, 0.15) is 62.4 Å². The van der Waals surface area contributed by atoms with Crippen molar-refractivity contribution in [2.24, 2.45) is 5.41 Å². The number of rotatable bonds is 11. The summed E-state index contributed by atoms with van der Waals surface area (Å²) in [6, 6.07) is 18.7. The summed E-state index contributed by atoms with van der Waals surface area (Å²) >= 11 is 6.23. The fourth-order valence-electron chi connectivity index (χ4n) is 8.01. The molecule has 14 nitrogen and oxygen atoms in total.